The minimum absolute atomic E-state index is 0.273. The highest BCUT2D eigenvalue weighted by molar-refractivity contribution is 5.85. The number of esters is 2. The molecule has 75 valence electrons. The molecule has 0 unspecified atom stereocenters. The zero-order valence-corrected chi connectivity index (χ0v) is 8.42. The summed E-state index contributed by atoms with van der Waals surface area (Å²) < 4.78 is 9.55. The fraction of sp³-hybridized carbons (Fsp3) is 0.667. The third-order valence-corrected chi connectivity index (χ3v) is 1.36. The van der Waals surface area contributed by atoms with E-state index in [0.717, 1.165) is 0 Å². The van der Waals surface area contributed by atoms with Crippen LogP contribution in [0.15, 0.2) is 0 Å². The number of rotatable bonds is 4. The minimum Gasteiger partial charge on any atom is -0.463 e. The normalized spacial score (nSPS) is 10.8. The Morgan fingerprint density at radius 2 is 1.92 bits per heavy atom. The van der Waals surface area contributed by atoms with Crippen LogP contribution in [0.2, 0.25) is 0 Å². The summed E-state index contributed by atoms with van der Waals surface area (Å²) in [5.41, 5.74) is -1.21. The van der Waals surface area contributed by atoms with Gasteiger partial charge in [0.25, 0.3) is 0 Å². The summed E-state index contributed by atoms with van der Waals surface area (Å²) in [6.45, 7) is 6.50. The van der Waals surface area contributed by atoms with E-state index in [1.165, 1.54) is 20.3 Å². The molecule has 0 aliphatic rings. The quantitative estimate of drug-likeness (QED) is 0.618. The maximum Gasteiger partial charge on any atom is 0.349 e. The van der Waals surface area contributed by atoms with Crippen molar-refractivity contribution in [2.24, 2.45) is 0 Å². The van der Waals surface area contributed by atoms with Gasteiger partial charge in [-0.25, -0.2) is 4.79 Å². The molecule has 0 atom stereocenters. The number of ether oxygens (including phenoxy) is 2. The van der Waals surface area contributed by atoms with Crippen LogP contribution in [-0.2, 0) is 19.1 Å². The lowest BCUT2D eigenvalue weighted by atomic mass is 10.1. The summed E-state index contributed by atoms with van der Waals surface area (Å²) in [6, 6.07) is 0. The Bertz CT molecular complexity index is 196. The maximum atomic E-state index is 11.2. The van der Waals surface area contributed by atoms with E-state index < -0.39 is 17.5 Å². The van der Waals surface area contributed by atoms with Crippen molar-refractivity contribution in [1.29, 1.82) is 0 Å². The average molecular weight is 187 g/mol. The first kappa shape index (κ1) is 11.9. The van der Waals surface area contributed by atoms with Crippen molar-refractivity contribution in [3.05, 3.63) is 6.42 Å². The summed E-state index contributed by atoms with van der Waals surface area (Å²) in [6.07, 6.45) is 1.25. The van der Waals surface area contributed by atoms with Gasteiger partial charge in [-0.05, 0) is 20.8 Å². The van der Waals surface area contributed by atoms with Crippen LogP contribution < -0.4 is 0 Å². The minimum atomic E-state index is -1.21. The first-order valence-corrected chi connectivity index (χ1v) is 4.13. The standard InChI is InChI=1S/C9H15O4/c1-5-7(10)13-9(3,4)8(11)12-6-2/h5H,6H2,1-4H3. The van der Waals surface area contributed by atoms with E-state index in [1.807, 2.05) is 0 Å². The van der Waals surface area contributed by atoms with Gasteiger partial charge in [0.15, 0.2) is 0 Å². The number of carbonyl (C=O) groups excluding carboxylic acids is 2. The lowest BCUT2D eigenvalue weighted by molar-refractivity contribution is -0.176. The van der Waals surface area contributed by atoms with E-state index in [0.29, 0.717) is 0 Å². The molecule has 0 fully saturated rings. The zero-order valence-electron chi connectivity index (χ0n) is 8.42. The molecule has 0 amide bonds. The van der Waals surface area contributed by atoms with E-state index in [4.69, 9.17) is 9.47 Å². The predicted molar refractivity (Wildman–Crippen MR) is 46.8 cm³/mol. The fourth-order valence-corrected chi connectivity index (χ4v) is 0.657. The van der Waals surface area contributed by atoms with Crippen LogP contribution in [0, 0.1) is 6.42 Å². The molecule has 0 rings (SSSR count). The second-order valence-corrected chi connectivity index (χ2v) is 2.94. The molecule has 0 aliphatic carbocycles. The van der Waals surface area contributed by atoms with Gasteiger partial charge in [0.05, 0.1) is 13.0 Å². The highest BCUT2D eigenvalue weighted by Crippen LogP contribution is 2.12. The van der Waals surface area contributed by atoms with Gasteiger partial charge in [0, 0.05) is 0 Å². The molecule has 4 nitrogen and oxygen atoms in total. The van der Waals surface area contributed by atoms with Crippen molar-refractivity contribution in [3.63, 3.8) is 0 Å². The highest BCUT2D eigenvalue weighted by atomic mass is 16.6. The number of hydrogen-bond acceptors (Lipinski definition) is 4. The summed E-state index contributed by atoms with van der Waals surface area (Å²) in [7, 11) is 0. The van der Waals surface area contributed by atoms with Crippen molar-refractivity contribution in [2.75, 3.05) is 6.61 Å². The molecule has 0 heterocycles. The molecule has 0 saturated heterocycles. The van der Waals surface area contributed by atoms with E-state index >= 15 is 0 Å². The van der Waals surface area contributed by atoms with Gasteiger partial charge in [0.1, 0.15) is 0 Å². The van der Waals surface area contributed by atoms with Crippen LogP contribution in [0.25, 0.3) is 0 Å². The van der Waals surface area contributed by atoms with Crippen LogP contribution in [0.1, 0.15) is 27.7 Å². The predicted octanol–water partition coefficient (Wildman–Crippen LogP) is 1.10. The van der Waals surface area contributed by atoms with Crippen LogP contribution in [-0.4, -0.2) is 24.1 Å². The van der Waals surface area contributed by atoms with E-state index in [-0.39, 0.29) is 6.61 Å². The van der Waals surface area contributed by atoms with E-state index in [1.54, 1.807) is 13.8 Å². The smallest absolute Gasteiger partial charge is 0.349 e. The molecule has 0 aromatic carbocycles. The Labute approximate surface area is 78.2 Å². The fourth-order valence-electron chi connectivity index (χ4n) is 0.657. The van der Waals surface area contributed by atoms with Crippen LogP contribution in [0.5, 0.6) is 0 Å². The molecule has 0 aromatic heterocycles. The van der Waals surface area contributed by atoms with Crippen LogP contribution in [0.4, 0.5) is 0 Å². The van der Waals surface area contributed by atoms with Gasteiger partial charge in [-0.15, -0.1) is 0 Å². The third kappa shape index (κ3) is 3.92. The highest BCUT2D eigenvalue weighted by Gasteiger charge is 2.32. The number of carbonyl (C=O) groups is 2. The Balaban J connectivity index is 4.21. The van der Waals surface area contributed by atoms with E-state index in [9.17, 15) is 9.59 Å². The van der Waals surface area contributed by atoms with Gasteiger partial charge in [-0.3, -0.25) is 4.79 Å². The number of hydrogen-bond donors (Lipinski definition) is 0. The Morgan fingerprint density at radius 3 is 2.31 bits per heavy atom. The SMILES string of the molecule is C[CH]C(=O)OC(C)(C)C(=O)OCC. The van der Waals surface area contributed by atoms with Gasteiger partial charge in [-0.2, -0.15) is 0 Å². The van der Waals surface area contributed by atoms with E-state index in [2.05, 4.69) is 0 Å². The maximum absolute atomic E-state index is 11.2. The lowest BCUT2D eigenvalue weighted by Gasteiger charge is -2.22. The molecule has 0 bridgehead atoms. The lowest BCUT2D eigenvalue weighted by Crippen LogP contribution is -2.38. The molecule has 0 saturated carbocycles. The molecule has 0 aliphatic heterocycles. The van der Waals surface area contributed by atoms with Crippen molar-refractivity contribution in [2.45, 2.75) is 33.3 Å². The third-order valence-electron chi connectivity index (χ3n) is 1.36. The largest absolute Gasteiger partial charge is 0.463 e. The van der Waals surface area contributed by atoms with Crippen LogP contribution in [0.3, 0.4) is 0 Å². The first-order valence-electron chi connectivity index (χ1n) is 4.13. The Kier molecular flexibility index (Phi) is 4.45. The molecular weight excluding hydrogens is 172 g/mol. The second-order valence-electron chi connectivity index (χ2n) is 2.94. The molecule has 0 spiro atoms. The van der Waals surface area contributed by atoms with Crippen LogP contribution >= 0.6 is 0 Å². The Hall–Kier alpha value is -1.06. The monoisotopic (exact) mass is 187 g/mol. The molecule has 1 radical (unpaired) electrons. The summed E-state index contributed by atoms with van der Waals surface area (Å²) in [4.78, 5) is 22.1. The Morgan fingerprint density at radius 1 is 1.38 bits per heavy atom. The molecular formula is C9H15O4. The second kappa shape index (κ2) is 4.84. The summed E-state index contributed by atoms with van der Waals surface area (Å²) in [5.74, 6) is -1.07. The molecule has 4 heteroatoms. The van der Waals surface area contributed by atoms with Gasteiger partial charge < -0.3 is 9.47 Å². The average Bonchev–Trinajstić information content (AvgIpc) is 2.04. The van der Waals surface area contributed by atoms with Gasteiger partial charge >= 0.3 is 11.9 Å². The summed E-state index contributed by atoms with van der Waals surface area (Å²) >= 11 is 0. The topological polar surface area (TPSA) is 52.6 Å². The van der Waals surface area contributed by atoms with Crippen molar-refractivity contribution >= 4 is 11.9 Å². The van der Waals surface area contributed by atoms with Crippen molar-refractivity contribution < 1.29 is 19.1 Å². The van der Waals surface area contributed by atoms with Crippen molar-refractivity contribution in [3.8, 4) is 0 Å². The van der Waals surface area contributed by atoms with Crippen molar-refractivity contribution in [1.82, 2.24) is 0 Å². The molecule has 0 aromatic rings. The summed E-state index contributed by atoms with van der Waals surface area (Å²) in [5, 5.41) is 0. The first-order chi connectivity index (χ1) is 5.94. The molecule has 0 N–H and O–H groups in total. The van der Waals surface area contributed by atoms with Gasteiger partial charge in [-0.1, -0.05) is 6.92 Å². The molecule has 13 heavy (non-hydrogen) atoms. The zero-order chi connectivity index (χ0) is 10.5. The van der Waals surface area contributed by atoms with Gasteiger partial charge in [0.2, 0.25) is 5.60 Å².